The van der Waals surface area contributed by atoms with Crippen molar-refractivity contribution < 1.29 is 24.5 Å². The predicted molar refractivity (Wildman–Crippen MR) is 127 cm³/mol. The number of carbonyl (C=O) groups is 2. The summed E-state index contributed by atoms with van der Waals surface area (Å²) in [5.41, 5.74) is 1.75. The van der Waals surface area contributed by atoms with Gasteiger partial charge in [0.05, 0.1) is 12.7 Å². The standard InChI is InChI=1S/C26H37ClO5/c1-2-3-6-10-23(29)19-12-14-20(15-13-19)26-21(22(27)18-24(26)30)9-7-4-5-8-11-25(31)32-17-16-28/h4,7,12-15,21-22,24,26,28,30H,2-3,5-6,8-11,16-18H2,1H3/t21-,22+,24?,26+/m0/s1. The van der Waals surface area contributed by atoms with Crippen molar-refractivity contribution in [3.63, 3.8) is 0 Å². The van der Waals surface area contributed by atoms with Crippen LogP contribution in [0.4, 0.5) is 0 Å². The number of ketones is 1. The monoisotopic (exact) mass is 464 g/mol. The molecule has 0 spiro atoms. The van der Waals surface area contributed by atoms with E-state index in [4.69, 9.17) is 21.4 Å². The highest BCUT2D eigenvalue weighted by Gasteiger charge is 2.41. The van der Waals surface area contributed by atoms with Crippen molar-refractivity contribution in [2.24, 2.45) is 5.92 Å². The molecule has 0 aromatic heterocycles. The van der Waals surface area contributed by atoms with E-state index in [2.05, 4.69) is 13.0 Å². The highest BCUT2D eigenvalue weighted by molar-refractivity contribution is 6.21. The zero-order chi connectivity index (χ0) is 23.3. The van der Waals surface area contributed by atoms with Crippen LogP contribution in [0.1, 0.15) is 86.6 Å². The first-order valence-electron chi connectivity index (χ1n) is 11.8. The first-order valence-corrected chi connectivity index (χ1v) is 12.3. The van der Waals surface area contributed by atoms with Crippen LogP contribution in [0.2, 0.25) is 0 Å². The molecule has 1 aliphatic carbocycles. The Morgan fingerprint density at radius 1 is 1.12 bits per heavy atom. The van der Waals surface area contributed by atoms with Gasteiger partial charge in [0, 0.05) is 29.7 Å². The lowest BCUT2D eigenvalue weighted by Crippen LogP contribution is -2.18. The fourth-order valence-corrected chi connectivity index (χ4v) is 4.81. The first kappa shape index (κ1) is 26.6. The molecule has 4 atom stereocenters. The van der Waals surface area contributed by atoms with Gasteiger partial charge in [-0.1, -0.05) is 56.2 Å². The normalized spacial score (nSPS) is 23.0. The summed E-state index contributed by atoms with van der Waals surface area (Å²) >= 11 is 6.57. The number of aliphatic hydroxyl groups is 2. The van der Waals surface area contributed by atoms with E-state index in [0.29, 0.717) is 25.7 Å². The average Bonchev–Trinajstić information content (AvgIpc) is 3.07. The minimum atomic E-state index is -0.497. The number of alkyl halides is 1. The van der Waals surface area contributed by atoms with Crippen LogP contribution >= 0.6 is 11.6 Å². The largest absolute Gasteiger partial charge is 0.463 e. The summed E-state index contributed by atoms with van der Waals surface area (Å²) in [5, 5.41) is 19.2. The molecule has 2 N–H and O–H groups in total. The molecule has 0 radical (unpaired) electrons. The molecule has 1 saturated carbocycles. The Morgan fingerprint density at radius 3 is 2.56 bits per heavy atom. The Bertz CT molecular complexity index is 730. The fraction of sp³-hybridized carbons (Fsp3) is 0.615. The number of benzene rings is 1. The maximum atomic E-state index is 12.3. The third kappa shape index (κ3) is 8.34. The number of ether oxygens (including phenoxy) is 1. The van der Waals surface area contributed by atoms with Gasteiger partial charge in [-0.05, 0) is 43.6 Å². The molecule has 32 heavy (non-hydrogen) atoms. The fourth-order valence-electron chi connectivity index (χ4n) is 4.36. The van der Waals surface area contributed by atoms with Gasteiger partial charge in [-0.2, -0.15) is 0 Å². The molecule has 0 saturated heterocycles. The smallest absolute Gasteiger partial charge is 0.305 e. The van der Waals surface area contributed by atoms with Crippen LogP contribution in [-0.4, -0.2) is 46.7 Å². The lowest BCUT2D eigenvalue weighted by Gasteiger charge is -2.23. The molecule has 5 nitrogen and oxygen atoms in total. The van der Waals surface area contributed by atoms with Crippen LogP contribution in [0.5, 0.6) is 0 Å². The molecule has 1 fully saturated rings. The SMILES string of the molecule is CCCCCC(=O)c1ccc([C@H]2C(O)C[C@@H](Cl)[C@@H]2CC=CCCCC(=O)OCCO)cc1. The second-order valence-electron chi connectivity index (χ2n) is 8.55. The van der Waals surface area contributed by atoms with E-state index in [-0.39, 0.29) is 42.2 Å². The lowest BCUT2D eigenvalue weighted by molar-refractivity contribution is -0.144. The molecule has 1 aromatic rings. The van der Waals surface area contributed by atoms with Crippen molar-refractivity contribution >= 4 is 23.4 Å². The number of carbonyl (C=O) groups excluding carboxylic acids is 2. The van der Waals surface area contributed by atoms with E-state index in [9.17, 15) is 14.7 Å². The quantitative estimate of drug-likeness (QED) is 0.130. The summed E-state index contributed by atoms with van der Waals surface area (Å²) in [7, 11) is 0. The molecule has 0 bridgehead atoms. The number of hydrogen-bond donors (Lipinski definition) is 2. The Balaban J connectivity index is 1.88. The maximum absolute atomic E-state index is 12.3. The Kier molecular flexibility index (Phi) is 12.0. The van der Waals surface area contributed by atoms with Crippen LogP contribution in [-0.2, 0) is 9.53 Å². The minimum absolute atomic E-state index is 0.0468. The minimum Gasteiger partial charge on any atom is -0.463 e. The van der Waals surface area contributed by atoms with Crippen LogP contribution in [0, 0.1) is 5.92 Å². The Labute approximate surface area is 196 Å². The second kappa shape index (κ2) is 14.5. The number of halogens is 1. The van der Waals surface area contributed by atoms with Crippen molar-refractivity contribution in [1.82, 2.24) is 0 Å². The Hall–Kier alpha value is -1.69. The molecule has 1 aliphatic rings. The number of Topliss-reactive ketones (excluding diaryl/α,β-unsaturated/α-hetero) is 1. The molecule has 0 heterocycles. The van der Waals surface area contributed by atoms with Gasteiger partial charge in [0.1, 0.15) is 6.61 Å². The first-order chi connectivity index (χ1) is 15.5. The molecule has 0 aliphatic heterocycles. The van der Waals surface area contributed by atoms with Gasteiger partial charge in [-0.3, -0.25) is 9.59 Å². The zero-order valence-electron chi connectivity index (χ0n) is 19.0. The molecule has 2 rings (SSSR count). The zero-order valence-corrected chi connectivity index (χ0v) is 19.8. The maximum Gasteiger partial charge on any atom is 0.305 e. The molecule has 1 unspecified atom stereocenters. The van der Waals surface area contributed by atoms with Crippen LogP contribution < -0.4 is 0 Å². The molecule has 0 amide bonds. The lowest BCUT2D eigenvalue weighted by atomic mass is 9.85. The number of rotatable bonds is 14. The van der Waals surface area contributed by atoms with E-state index < -0.39 is 6.10 Å². The van der Waals surface area contributed by atoms with Crippen LogP contribution in [0.15, 0.2) is 36.4 Å². The van der Waals surface area contributed by atoms with Crippen molar-refractivity contribution in [2.75, 3.05) is 13.2 Å². The van der Waals surface area contributed by atoms with Gasteiger partial charge in [0.2, 0.25) is 0 Å². The molecular weight excluding hydrogens is 428 g/mol. The highest BCUT2D eigenvalue weighted by atomic mass is 35.5. The molecular formula is C26H37ClO5. The molecule has 6 heteroatoms. The number of unbranched alkanes of at least 4 members (excludes halogenated alkanes) is 3. The van der Waals surface area contributed by atoms with Crippen molar-refractivity contribution in [1.29, 1.82) is 0 Å². The number of allylic oxidation sites excluding steroid dienone is 2. The van der Waals surface area contributed by atoms with Gasteiger partial charge >= 0.3 is 5.97 Å². The molecule has 178 valence electrons. The summed E-state index contributed by atoms with van der Waals surface area (Å²) in [5.74, 6) is -0.0603. The van der Waals surface area contributed by atoms with E-state index in [1.54, 1.807) is 0 Å². The van der Waals surface area contributed by atoms with Crippen molar-refractivity contribution in [3.05, 3.63) is 47.5 Å². The summed E-state index contributed by atoms with van der Waals surface area (Å²) in [6, 6.07) is 7.68. The van der Waals surface area contributed by atoms with Gasteiger partial charge < -0.3 is 14.9 Å². The van der Waals surface area contributed by atoms with Gasteiger partial charge in [0.25, 0.3) is 0 Å². The third-order valence-corrected chi connectivity index (χ3v) is 6.61. The van der Waals surface area contributed by atoms with E-state index >= 15 is 0 Å². The van der Waals surface area contributed by atoms with Crippen molar-refractivity contribution in [3.8, 4) is 0 Å². The topological polar surface area (TPSA) is 83.8 Å². The highest BCUT2D eigenvalue weighted by Crippen LogP contribution is 2.44. The van der Waals surface area contributed by atoms with Gasteiger partial charge in [-0.15, -0.1) is 11.6 Å². The third-order valence-electron chi connectivity index (χ3n) is 6.11. The van der Waals surface area contributed by atoms with E-state index in [1.165, 1.54) is 0 Å². The molecule has 1 aromatic carbocycles. The van der Waals surface area contributed by atoms with E-state index in [1.807, 2.05) is 30.3 Å². The number of aliphatic hydroxyl groups excluding tert-OH is 2. The summed E-state index contributed by atoms with van der Waals surface area (Å²) in [6.45, 7) is 2.02. The van der Waals surface area contributed by atoms with Gasteiger partial charge in [-0.25, -0.2) is 0 Å². The summed E-state index contributed by atoms with van der Waals surface area (Å²) in [4.78, 5) is 23.8. The summed E-state index contributed by atoms with van der Waals surface area (Å²) < 4.78 is 4.84. The second-order valence-corrected chi connectivity index (χ2v) is 9.11. The van der Waals surface area contributed by atoms with Gasteiger partial charge in [0.15, 0.2) is 5.78 Å². The van der Waals surface area contributed by atoms with Crippen molar-refractivity contribution in [2.45, 2.75) is 82.1 Å². The van der Waals surface area contributed by atoms with Crippen LogP contribution in [0.3, 0.4) is 0 Å². The average molecular weight is 465 g/mol. The summed E-state index contributed by atoms with van der Waals surface area (Å²) in [6.07, 6.45) is 10.4. The van der Waals surface area contributed by atoms with E-state index in [0.717, 1.165) is 43.2 Å². The number of esters is 1. The Morgan fingerprint density at radius 2 is 1.88 bits per heavy atom. The number of hydrogen-bond acceptors (Lipinski definition) is 5. The predicted octanol–water partition coefficient (Wildman–Crippen LogP) is 5.17. The van der Waals surface area contributed by atoms with Crippen LogP contribution in [0.25, 0.3) is 0 Å².